The first kappa shape index (κ1) is 21.2. The minimum Gasteiger partial charge on any atom is -0.360 e. The SMILES string of the molecule is Fc1ccc(C(c2ccc(F)cc2)N2CCN(C(=S)NC3CCCCC3)CC2)cc1. The van der Waals surface area contributed by atoms with Crippen LogP contribution in [0.5, 0.6) is 0 Å². The largest absolute Gasteiger partial charge is 0.360 e. The van der Waals surface area contributed by atoms with Gasteiger partial charge in [-0.15, -0.1) is 0 Å². The molecule has 4 rings (SSSR count). The number of rotatable bonds is 4. The van der Waals surface area contributed by atoms with Gasteiger partial charge < -0.3 is 10.2 Å². The first-order chi connectivity index (χ1) is 14.6. The summed E-state index contributed by atoms with van der Waals surface area (Å²) in [7, 11) is 0. The normalized spacial score (nSPS) is 18.6. The molecule has 0 spiro atoms. The van der Waals surface area contributed by atoms with Gasteiger partial charge in [-0.1, -0.05) is 43.5 Å². The van der Waals surface area contributed by atoms with Crippen molar-refractivity contribution < 1.29 is 8.78 Å². The summed E-state index contributed by atoms with van der Waals surface area (Å²) in [6.07, 6.45) is 6.31. The lowest BCUT2D eigenvalue weighted by Gasteiger charge is -2.41. The molecule has 1 aliphatic heterocycles. The molecule has 1 saturated carbocycles. The molecule has 2 aromatic carbocycles. The molecule has 1 N–H and O–H groups in total. The number of thiocarbonyl (C=S) groups is 1. The van der Waals surface area contributed by atoms with E-state index in [0.29, 0.717) is 6.04 Å². The Labute approximate surface area is 183 Å². The van der Waals surface area contributed by atoms with E-state index < -0.39 is 0 Å². The minimum atomic E-state index is -0.249. The molecule has 0 amide bonds. The molecule has 1 saturated heterocycles. The standard InChI is InChI=1S/C24H29F2N3S/c25-20-10-6-18(7-11-20)23(19-8-12-21(26)13-9-19)28-14-16-29(17-15-28)24(30)27-22-4-2-1-3-5-22/h6-13,22-23H,1-5,14-17H2,(H,27,30). The van der Waals surface area contributed by atoms with Crippen molar-refractivity contribution in [2.24, 2.45) is 0 Å². The van der Waals surface area contributed by atoms with Crippen molar-refractivity contribution in [3.8, 4) is 0 Å². The van der Waals surface area contributed by atoms with Gasteiger partial charge in [-0.3, -0.25) is 4.90 Å². The predicted octanol–water partition coefficient (Wildman–Crippen LogP) is 4.88. The second-order valence-electron chi connectivity index (χ2n) is 8.31. The van der Waals surface area contributed by atoms with Crippen LogP contribution < -0.4 is 5.32 Å². The van der Waals surface area contributed by atoms with E-state index in [1.807, 2.05) is 24.3 Å². The van der Waals surface area contributed by atoms with Gasteiger partial charge in [-0.2, -0.15) is 0 Å². The molecule has 0 radical (unpaired) electrons. The van der Waals surface area contributed by atoms with Gasteiger partial charge in [0, 0.05) is 32.2 Å². The molecule has 0 aromatic heterocycles. The van der Waals surface area contributed by atoms with Crippen LogP contribution in [0.15, 0.2) is 48.5 Å². The average Bonchev–Trinajstić information content (AvgIpc) is 2.78. The summed E-state index contributed by atoms with van der Waals surface area (Å²) < 4.78 is 27.0. The van der Waals surface area contributed by atoms with Gasteiger partial charge in [0.25, 0.3) is 0 Å². The van der Waals surface area contributed by atoms with Crippen molar-refractivity contribution in [3.05, 3.63) is 71.3 Å². The zero-order chi connectivity index (χ0) is 20.9. The molecule has 0 bridgehead atoms. The molecule has 30 heavy (non-hydrogen) atoms. The summed E-state index contributed by atoms with van der Waals surface area (Å²) in [4.78, 5) is 4.63. The molecule has 0 unspecified atom stereocenters. The Morgan fingerprint density at radius 2 is 1.30 bits per heavy atom. The van der Waals surface area contributed by atoms with E-state index in [1.54, 1.807) is 0 Å². The van der Waals surface area contributed by atoms with Gasteiger partial charge in [0.1, 0.15) is 11.6 Å². The summed E-state index contributed by atoms with van der Waals surface area (Å²) in [5.74, 6) is -0.499. The Balaban J connectivity index is 1.44. The summed E-state index contributed by atoms with van der Waals surface area (Å²) in [5.41, 5.74) is 2.03. The van der Waals surface area contributed by atoms with E-state index in [4.69, 9.17) is 12.2 Å². The minimum absolute atomic E-state index is 0.0341. The molecular weight excluding hydrogens is 400 g/mol. The summed E-state index contributed by atoms with van der Waals surface area (Å²) >= 11 is 5.69. The van der Waals surface area contributed by atoms with E-state index in [1.165, 1.54) is 56.4 Å². The van der Waals surface area contributed by atoms with Crippen LogP contribution in [0.2, 0.25) is 0 Å². The van der Waals surface area contributed by atoms with Crippen LogP contribution >= 0.6 is 12.2 Å². The first-order valence-electron chi connectivity index (χ1n) is 10.9. The lowest BCUT2D eigenvalue weighted by molar-refractivity contribution is 0.148. The van der Waals surface area contributed by atoms with Crippen molar-refractivity contribution in [2.75, 3.05) is 26.2 Å². The molecule has 2 aromatic rings. The number of hydrogen-bond acceptors (Lipinski definition) is 2. The molecule has 6 heteroatoms. The third-order valence-electron chi connectivity index (χ3n) is 6.27. The summed E-state index contributed by atoms with van der Waals surface area (Å²) in [6, 6.07) is 13.7. The van der Waals surface area contributed by atoms with E-state index in [0.717, 1.165) is 42.4 Å². The van der Waals surface area contributed by atoms with E-state index >= 15 is 0 Å². The molecule has 1 aliphatic carbocycles. The van der Waals surface area contributed by atoms with Gasteiger partial charge in [0.2, 0.25) is 0 Å². The number of piperazine rings is 1. The van der Waals surface area contributed by atoms with Crippen LogP contribution in [-0.2, 0) is 0 Å². The fraction of sp³-hybridized carbons (Fsp3) is 0.458. The monoisotopic (exact) mass is 429 g/mol. The van der Waals surface area contributed by atoms with Gasteiger partial charge in [-0.25, -0.2) is 8.78 Å². The number of nitrogens with one attached hydrogen (secondary N) is 1. The zero-order valence-electron chi connectivity index (χ0n) is 17.2. The van der Waals surface area contributed by atoms with Crippen molar-refractivity contribution in [2.45, 2.75) is 44.2 Å². The Bertz CT molecular complexity index is 781. The molecule has 2 fully saturated rings. The molecular formula is C24H29F2N3S. The molecule has 0 atom stereocenters. The quantitative estimate of drug-likeness (QED) is 0.698. The van der Waals surface area contributed by atoms with Crippen LogP contribution in [0, 0.1) is 11.6 Å². The topological polar surface area (TPSA) is 18.5 Å². The Morgan fingerprint density at radius 3 is 1.80 bits per heavy atom. The lowest BCUT2D eigenvalue weighted by atomic mass is 9.95. The smallest absolute Gasteiger partial charge is 0.169 e. The highest BCUT2D eigenvalue weighted by atomic mass is 32.1. The van der Waals surface area contributed by atoms with E-state index in [2.05, 4.69) is 15.1 Å². The Hall–Kier alpha value is -2.05. The number of benzene rings is 2. The highest BCUT2D eigenvalue weighted by Crippen LogP contribution is 2.30. The number of hydrogen-bond donors (Lipinski definition) is 1. The lowest BCUT2D eigenvalue weighted by Crippen LogP contribution is -2.54. The van der Waals surface area contributed by atoms with Crippen LogP contribution in [0.25, 0.3) is 0 Å². The fourth-order valence-corrected chi connectivity index (χ4v) is 4.95. The summed E-state index contributed by atoms with van der Waals surface area (Å²) in [6.45, 7) is 3.37. The van der Waals surface area contributed by atoms with Crippen molar-refractivity contribution in [3.63, 3.8) is 0 Å². The zero-order valence-corrected chi connectivity index (χ0v) is 18.0. The van der Waals surface area contributed by atoms with E-state index in [-0.39, 0.29) is 17.7 Å². The maximum absolute atomic E-state index is 13.5. The second kappa shape index (κ2) is 9.84. The number of nitrogens with zero attached hydrogens (tertiary/aromatic N) is 2. The molecule has 160 valence electrons. The van der Waals surface area contributed by atoms with Gasteiger partial charge in [0.15, 0.2) is 5.11 Å². The fourth-order valence-electron chi connectivity index (χ4n) is 4.60. The Kier molecular flexibility index (Phi) is 6.95. The predicted molar refractivity (Wildman–Crippen MR) is 120 cm³/mol. The van der Waals surface area contributed by atoms with Crippen LogP contribution in [0.3, 0.4) is 0 Å². The average molecular weight is 430 g/mol. The van der Waals surface area contributed by atoms with Gasteiger partial charge in [-0.05, 0) is 60.5 Å². The molecule has 1 heterocycles. The third kappa shape index (κ3) is 5.16. The van der Waals surface area contributed by atoms with Gasteiger partial charge >= 0.3 is 0 Å². The summed E-state index contributed by atoms with van der Waals surface area (Å²) in [5, 5.41) is 4.43. The van der Waals surface area contributed by atoms with Crippen molar-refractivity contribution >= 4 is 17.3 Å². The molecule has 3 nitrogen and oxygen atoms in total. The van der Waals surface area contributed by atoms with Crippen molar-refractivity contribution in [1.82, 2.24) is 15.1 Å². The van der Waals surface area contributed by atoms with Crippen LogP contribution in [-0.4, -0.2) is 47.1 Å². The Morgan fingerprint density at radius 1 is 0.800 bits per heavy atom. The number of halogens is 2. The van der Waals surface area contributed by atoms with E-state index in [9.17, 15) is 8.78 Å². The maximum atomic E-state index is 13.5. The third-order valence-corrected chi connectivity index (χ3v) is 6.65. The van der Waals surface area contributed by atoms with Gasteiger partial charge in [0.05, 0.1) is 6.04 Å². The first-order valence-corrected chi connectivity index (χ1v) is 11.3. The maximum Gasteiger partial charge on any atom is 0.169 e. The highest BCUT2D eigenvalue weighted by Gasteiger charge is 2.28. The second-order valence-corrected chi connectivity index (χ2v) is 8.70. The molecule has 2 aliphatic rings. The van der Waals surface area contributed by atoms with Crippen LogP contribution in [0.1, 0.15) is 49.3 Å². The van der Waals surface area contributed by atoms with Crippen LogP contribution in [0.4, 0.5) is 8.78 Å². The highest BCUT2D eigenvalue weighted by molar-refractivity contribution is 7.80. The van der Waals surface area contributed by atoms with Crippen molar-refractivity contribution in [1.29, 1.82) is 0 Å².